The third kappa shape index (κ3) is 4.67. The van der Waals surface area contributed by atoms with Crippen LogP contribution in [0.1, 0.15) is 57.8 Å². The van der Waals surface area contributed by atoms with Crippen LogP contribution in [0.15, 0.2) is 0 Å². The van der Waals surface area contributed by atoms with Crippen LogP contribution in [0.5, 0.6) is 0 Å². The van der Waals surface area contributed by atoms with Crippen molar-refractivity contribution < 1.29 is 8.42 Å². The zero-order valence-electron chi connectivity index (χ0n) is 13.1. The average molecular weight is 314 g/mol. The van der Waals surface area contributed by atoms with Crippen molar-refractivity contribution >= 4 is 10.0 Å². The molecule has 1 N–H and O–H groups in total. The first-order valence-corrected chi connectivity index (χ1v) is 10.5. The minimum absolute atomic E-state index is 0.380. The van der Waals surface area contributed by atoms with E-state index < -0.39 is 10.0 Å². The van der Waals surface area contributed by atoms with Gasteiger partial charge in [0, 0.05) is 19.1 Å². The van der Waals surface area contributed by atoms with Gasteiger partial charge >= 0.3 is 0 Å². The van der Waals surface area contributed by atoms with Gasteiger partial charge < -0.3 is 5.32 Å². The van der Waals surface area contributed by atoms with Crippen molar-refractivity contribution in [2.75, 3.05) is 25.4 Å². The van der Waals surface area contributed by atoms with E-state index in [2.05, 4.69) is 5.32 Å². The molecular weight excluding hydrogens is 284 g/mol. The second-order valence-corrected chi connectivity index (χ2v) is 9.35. The lowest BCUT2D eigenvalue weighted by molar-refractivity contribution is 0.341. The van der Waals surface area contributed by atoms with Crippen LogP contribution < -0.4 is 5.32 Å². The van der Waals surface area contributed by atoms with E-state index in [9.17, 15) is 8.42 Å². The van der Waals surface area contributed by atoms with Crippen LogP contribution in [0.4, 0.5) is 0 Å². The Hall–Kier alpha value is -0.130. The first kappa shape index (κ1) is 15.8. The van der Waals surface area contributed by atoms with Crippen molar-refractivity contribution in [1.82, 2.24) is 9.62 Å². The van der Waals surface area contributed by atoms with Gasteiger partial charge in [0.25, 0.3) is 0 Å². The van der Waals surface area contributed by atoms with Crippen molar-refractivity contribution in [1.29, 1.82) is 0 Å². The molecule has 1 saturated heterocycles. The van der Waals surface area contributed by atoms with Crippen LogP contribution in [0.2, 0.25) is 0 Å². The highest BCUT2D eigenvalue weighted by Gasteiger charge is 2.34. The van der Waals surface area contributed by atoms with Gasteiger partial charge in [0.15, 0.2) is 0 Å². The van der Waals surface area contributed by atoms with Gasteiger partial charge in [-0.25, -0.2) is 12.7 Å². The summed E-state index contributed by atoms with van der Waals surface area (Å²) in [6, 6.07) is 0.380. The number of sulfonamides is 1. The topological polar surface area (TPSA) is 49.4 Å². The van der Waals surface area contributed by atoms with Crippen molar-refractivity contribution in [3.63, 3.8) is 0 Å². The molecule has 0 aromatic heterocycles. The summed E-state index contributed by atoms with van der Waals surface area (Å²) < 4.78 is 27.5. The second kappa shape index (κ2) is 6.97. The lowest BCUT2D eigenvalue weighted by Gasteiger charge is -2.28. The van der Waals surface area contributed by atoms with E-state index in [-0.39, 0.29) is 0 Å². The number of hydrogen-bond donors (Lipinski definition) is 1. The third-order valence-electron chi connectivity index (χ3n) is 5.31. The summed E-state index contributed by atoms with van der Waals surface area (Å²) in [7, 11) is -3.07. The van der Waals surface area contributed by atoms with Gasteiger partial charge in [-0.1, -0.05) is 19.3 Å². The highest BCUT2D eigenvalue weighted by atomic mass is 32.2. The van der Waals surface area contributed by atoms with E-state index in [4.69, 9.17) is 0 Å². The molecular formula is C16H30N2O2S. The van der Waals surface area contributed by atoms with Crippen molar-refractivity contribution in [2.24, 2.45) is 11.8 Å². The molecule has 0 aromatic rings. The lowest BCUT2D eigenvalue weighted by atomic mass is 9.91. The third-order valence-corrected chi connectivity index (χ3v) is 7.29. The molecule has 3 aliphatic rings. The van der Waals surface area contributed by atoms with Crippen molar-refractivity contribution in [2.45, 2.75) is 63.8 Å². The fraction of sp³-hybridized carbons (Fsp3) is 1.00. The Morgan fingerprint density at radius 3 is 2.24 bits per heavy atom. The van der Waals surface area contributed by atoms with Crippen LogP contribution in [-0.2, 0) is 10.0 Å². The molecule has 1 heterocycles. The Morgan fingerprint density at radius 2 is 1.62 bits per heavy atom. The van der Waals surface area contributed by atoms with Gasteiger partial charge in [0.1, 0.15) is 0 Å². The molecule has 1 unspecified atom stereocenters. The molecule has 2 aliphatic carbocycles. The Labute approximate surface area is 129 Å². The van der Waals surface area contributed by atoms with E-state index in [1.807, 2.05) is 4.31 Å². The zero-order valence-corrected chi connectivity index (χ0v) is 13.9. The van der Waals surface area contributed by atoms with Crippen molar-refractivity contribution in [3.05, 3.63) is 0 Å². The van der Waals surface area contributed by atoms with Gasteiger partial charge in [-0.15, -0.1) is 0 Å². The van der Waals surface area contributed by atoms with Gasteiger partial charge in [-0.2, -0.15) is 0 Å². The van der Waals surface area contributed by atoms with Crippen LogP contribution in [0.25, 0.3) is 0 Å². The van der Waals surface area contributed by atoms with Crippen molar-refractivity contribution in [3.8, 4) is 0 Å². The standard InChI is InChI=1S/C16H30N2O2S/c19-21(20,13-15-5-2-1-3-6-15)18(11-14-8-9-14)12-16-7-4-10-17-16/h14-17H,1-13H2. The predicted octanol–water partition coefficient (Wildman–Crippen LogP) is 2.36. The minimum Gasteiger partial charge on any atom is -0.313 e. The SMILES string of the molecule is O=S(=O)(CC1CCCCC1)N(CC1CC1)CC1CCCN1. The summed E-state index contributed by atoms with van der Waals surface area (Å²) in [4.78, 5) is 0. The molecule has 1 aliphatic heterocycles. The normalized spacial score (nSPS) is 28.3. The molecule has 0 amide bonds. The molecule has 2 saturated carbocycles. The summed E-state index contributed by atoms with van der Waals surface area (Å²) in [5.41, 5.74) is 0. The van der Waals surface area contributed by atoms with Gasteiger partial charge in [0.2, 0.25) is 10.0 Å². The van der Waals surface area contributed by atoms with E-state index in [0.717, 1.165) is 32.4 Å². The van der Waals surface area contributed by atoms with Crippen LogP contribution in [0, 0.1) is 11.8 Å². The van der Waals surface area contributed by atoms with Crippen LogP contribution >= 0.6 is 0 Å². The summed E-state index contributed by atoms with van der Waals surface area (Å²) in [5.74, 6) is 1.43. The van der Waals surface area contributed by atoms with E-state index >= 15 is 0 Å². The highest BCUT2D eigenvalue weighted by molar-refractivity contribution is 7.89. The molecule has 0 radical (unpaired) electrons. The largest absolute Gasteiger partial charge is 0.313 e. The smallest absolute Gasteiger partial charge is 0.214 e. The van der Waals surface area contributed by atoms with Gasteiger partial charge in [-0.3, -0.25) is 0 Å². The summed E-state index contributed by atoms with van der Waals surface area (Å²) in [6.45, 7) is 2.52. The number of nitrogens with one attached hydrogen (secondary N) is 1. The lowest BCUT2D eigenvalue weighted by Crippen LogP contribution is -2.44. The molecule has 3 fully saturated rings. The second-order valence-electron chi connectivity index (χ2n) is 7.34. The predicted molar refractivity (Wildman–Crippen MR) is 85.7 cm³/mol. The summed E-state index contributed by atoms with van der Waals surface area (Å²) >= 11 is 0. The van der Waals surface area contributed by atoms with Crippen LogP contribution in [-0.4, -0.2) is 44.2 Å². The maximum absolute atomic E-state index is 12.8. The quantitative estimate of drug-likeness (QED) is 0.785. The van der Waals surface area contributed by atoms with Gasteiger partial charge in [-0.05, 0) is 56.9 Å². The molecule has 0 spiro atoms. The number of hydrogen-bond acceptors (Lipinski definition) is 3. The Kier molecular flexibility index (Phi) is 5.23. The fourth-order valence-corrected chi connectivity index (χ4v) is 5.79. The van der Waals surface area contributed by atoms with E-state index in [1.165, 1.54) is 38.5 Å². The molecule has 21 heavy (non-hydrogen) atoms. The first-order chi connectivity index (χ1) is 10.1. The average Bonchev–Trinajstić information content (AvgIpc) is 3.12. The fourth-order valence-electron chi connectivity index (χ4n) is 3.81. The Balaban J connectivity index is 1.60. The van der Waals surface area contributed by atoms with E-state index in [1.54, 1.807) is 0 Å². The molecule has 5 heteroatoms. The molecule has 0 aromatic carbocycles. The highest BCUT2D eigenvalue weighted by Crippen LogP contribution is 2.32. The number of rotatable bonds is 7. The minimum atomic E-state index is -3.07. The zero-order chi connectivity index (χ0) is 14.7. The first-order valence-electron chi connectivity index (χ1n) is 8.85. The number of nitrogens with zero attached hydrogens (tertiary/aromatic N) is 1. The molecule has 3 rings (SSSR count). The summed E-state index contributed by atoms with van der Waals surface area (Å²) in [6.07, 6.45) is 10.7. The summed E-state index contributed by atoms with van der Waals surface area (Å²) in [5, 5.41) is 3.45. The maximum atomic E-state index is 12.8. The maximum Gasteiger partial charge on any atom is 0.214 e. The molecule has 1 atom stereocenters. The Morgan fingerprint density at radius 1 is 0.857 bits per heavy atom. The van der Waals surface area contributed by atoms with Gasteiger partial charge in [0.05, 0.1) is 5.75 Å². The molecule has 4 nitrogen and oxygen atoms in total. The monoisotopic (exact) mass is 314 g/mol. The molecule has 122 valence electrons. The molecule has 0 bridgehead atoms. The van der Waals surface area contributed by atoms with E-state index in [0.29, 0.717) is 30.2 Å². The van der Waals surface area contributed by atoms with Crippen LogP contribution in [0.3, 0.4) is 0 Å². The Bertz CT molecular complexity index is 422.